The van der Waals surface area contributed by atoms with Gasteiger partial charge in [0.1, 0.15) is 0 Å². The van der Waals surface area contributed by atoms with Gasteiger partial charge in [0.15, 0.2) is 11.5 Å². The molecule has 0 saturated heterocycles. The fourth-order valence-corrected chi connectivity index (χ4v) is 3.13. The third-order valence-corrected chi connectivity index (χ3v) is 4.56. The van der Waals surface area contributed by atoms with E-state index in [0.29, 0.717) is 5.56 Å². The van der Waals surface area contributed by atoms with Gasteiger partial charge in [-0.15, -0.1) is 0 Å². The van der Waals surface area contributed by atoms with Crippen LogP contribution in [0.1, 0.15) is 11.1 Å². The first-order chi connectivity index (χ1) is 12.5. The molecule has 0 aliphatic heterocycles. The molecule has 0 aliphatic carbocycles. The molecule has 0 unspecified atom stereocenters. The first-order valence-corrected chi connectivity index (χ1v) is 8.84. The molecule has 26 heavy (non-hydrogen) atoms. The number of thioether (sulfide) groups is 1. The van der Waals surface area contributed by atoms with Crippen LogP contribution in [0.4, 0.5) is 0 Å². The number of carbonyl (C=O) groups excluding carboxylic acids is 1. The molecule has 0 spiro atoms. The molecule has 0 aliphatic rings. The van der Waals surface area contributed by atoms with Crippen molar-refractivity contribution in [2.45, 2.75) is 11.9 Å². The molecule has 0 radical (unpaired) electrons. The van der Waals surface area contributed by atoms with Gasteiger partial charge >= 0.3 is 0 Å². The molecular formula is C19H17N3O3S. The largest absolute Gasteiger partial charge is 0.504 e. The van der Waals surface area contributed by atoms with Gasteiger partial charge in [0, 0.05) is 5.39 Å². The van der Waals surface area contributed by atoms with Crippen LogP contribution in [0.25, 0.3) is 10.9 Å². The maximum atomic E-state index is 11.9. The Balaban J connectivity index is 1.57. The van der Waals surface area contributed by atoms with Gasteiger partial charge in [-0.05, 0) is 48.4 Å². The number of hydrogen-bond acceptors (Lipinski definition) is 6. The van der Waals surface area contributed by atoms with E-state index in [1.54, 1.807) is 6.07 Å². The number of fused-ring (bicyclic) bond motifs is 1. The SMILES string of the molecule is Cc1cc(SCC(=O)N/N=C/c2ccc(O)c(O)c2)nc2ccccc12. The van der Waals surface area contributed by atoms with E-state index < -0.39 is 0 Å². The second kappa shape index (κ2) is 7.88. The lowest BCUT2D eigenvalue weighted by atomic mass is 10.1. The lowest BCUT2D eigenvalue weighted by Crippen LogP contribution is -2.19. The zero-order valence-corrected chi connectivity index (χ0v) is 14.8. The lowest BCUT2D eigenvalue weighted by molar-refractivity contribution is -0.118. The van der Waals surface area contributed by atoms with Gasteiger partial charge < -0.3 is 10.2 Å². The number of aromatic nitrogens is 1. The summed E-state index contributed by atoms with van der Waals surface area (Å²) in [5.41, 5.74) is 5.00. The summed E-state index contributed by atoms with van der Waals surface area (Å²) in [7, 11) is 0. The van der Waals surface area contributed by atoms with Crippen LogP contribution in [-0.2, 0) is 4.79 Å². The average Bonchev–Trinajstić information content (AvgIpc) is 2.63. The zero-order chi connectivity index (χ0) is 18.5. The van der Waals surface area contributed by atoms with E-state index in [1.807, 2.05) is 37.3 Å². The maximum absolute atomic E-state index is 11.9. The molecule has 0 bridgehead atoms. The van der Waals surface area contributed by atoms with E-state index in [9.17, 15) is 15.0 Å². The van der Waals surface area contributed by atoms with Crippen molar-refractivity contribution in [3.63, 3.8) is 0 Å². The number of benzene rings is 2. The molecule has 0 fully saturated rings. The summed E-state index contributed by atoms with van der Waals surface area (Å²) in [6.07, 6.45) is 1.39. The number of aryl methyl sites for hydroxylation is 1. The highest BCUT2D eigenvalue weighted by molar-refractivity contribution is 7.99. The fraction of sp³-hybridized carbons (Fsp3) is 0.105. The molecule has 1 heterocycles. The minimum atomic E-state index is -0.262. The van der Waals surface area contributed by atoms with Crippen LogP contribution in [0, 0.1) is 6.92 Å². The summed E-state index contributed by atoms with van der Waals surface area (Å²) >= 11 is 1.34. The standard InChI is InChI=1S/C19H17N3O3S/c1-12-8-19(21-15-5-3-2-4-14(12)15)26-11-18(25)22-20-10-13-6-7-16(23)17(24)9-13/h2-10,23-24H,11H2,1H3,(H,22,25)/b20-10+. The monoisotopic (exact) mass is 367 g/mol. The summed E-state index contributed by atoms with van der Waals surface area (Å²) in [5, 5.41) is 24.4. The summed E-state index contributed by atoms with van der Waals surface area (Å²) in [5.74, 6) is -0.528. The number of nitrogens with one attached hydrogen (secondary N) is 1. The smallest absolute Gasteiger partial charge is 0.250 e. The second-order valence-electron chi connectivity index (χ2n) is 5.62. The Bertz CT molecular complexity index is 989. The van der Waals surface area contributed by atoms with Gasteiger partial charge in [0.2, 0.25) is 5.91 Å². The molecule has 132 valence electrons. The van der Waals surface area contributed by atoms with Crippen molar-refractivity contribution in [1.29, 1.82) is 0 Å². The maximum Gasteiger partial charge on any atom is 0.250 e. The molecule has 1 aromatic heterocycles. The number of phenolic OH excluding ortho intramolecular Hbond substituents is 2. The summed E-state index contributed by atoms with van der Waals surface area (Å²) < 4.78 is 0. The quantitative estimate of drug-likeness (QED) is 0.279. The number of rotatable bonds is 5. The summed E-state index contributed by atoms with van der Waals surface area (Å²) in [6, 6.07) is 14.1. The zero-order valence-electron chi connectivity index (χ0n) is 14.0. The van der Waals surface area contributed by atoms with E-state index in [0.717, 1.165) is 21.5 Å². The number of nitrogens with zero attached hydrogens (tertiary/aromatic N) is 2. The molecular weight excluding hydrogens is 350 g/mol. The van der Waals surface area contributed by atoms with E-state index in [1.165, 1.54) is 30.1 Å². The van der Waals surface area contributed by atoms with Crippen LogP contribution in [0.5, 0.6) is 11.5 Å². The molecule has 3 aromatic rings. The average molecular weight is 367 g/mol. The van der Waals surface area contributed by atoms with Crippen LogP contribution in [-0.4, -0.2) is 33.1 Å². The molecule has 0 saturated carbocycles. The van der Waals surface area contributed by atoms with Crippen LogP contribution in [0.2, 0.25) is 0 Å². The topological polar surface area (TPSA) is 94.8 Å². The number of hydrogen-bond donors (Lipinski definition) is 3. The Hall–Kier alpha value is -3.06. The normalized spacial score (nSPS) is 11.1. The van der Waals surface area contributed by atoms with Gasteiger partial charge in [-0.25, -0.2) is 10.4 Å². The predicted molar refractivity (Wildman–Crippen MR) is 103 cm³/mol. The Kier molecular flexibility index (Phi) is 5.38. The number of phenols is 2. The Morgan fingerprint density at radius 3 is 2.81 bits per heavy atom. The number of hydrazone groups is 1. The minimum absolute atomic E-state index is 0.183. The van der Waals surface area contributed by atoms with Crippen LogP contribution >= 0.6 is 11.8 Å². The fourth-order valence-electron chi connectivity index (χ4n) is 2.36. The van der Waals surface area contributed by atoms with Gasteiger partial charge in [0.25, 0.3) is 0 Å². The molecule has 1 amide bonds. The highest BCUT2D eigenvalue weighted by Crippen LogP contribution is 2.24. The van der Waals surface area contributed by atoms with Crippen molar-refractivity contribution >= 4 is 34.8 Å². The Morgan fingerprint density at radius 2 is 2.00 bits per heavy atom. The van der Waals surface area contributed by atoms with Crippen LogP contribution < -0.4 is 5.43 Å². The van der Waals surface area contributed by atoms with Crippen molar-refractivity contribution in [3.8, 4) is 11.5 Å². The number of aromatic hydroxyl groups is 2. The molecule has 2 aromatic carbocycles. The third-order valence-electron chi connectivity index (χ3n) is 3.65. The van der Waals surface area contributed by atoms with E-state index in [2.05, 4.69) is 15.5 Å². The number of pyridine rings is 1. The molecule has 7 heteroatoms. The van der Waals surface area contributed by atoms with Crippen molar-refractivity contribution in [1.82, 2.24) is 10.4 Å². The number of para-hydroxylation sites is 1. The van der Waals surface area contributed by atoms with Crippen molar-refractivity contribution in [2.24, 2.45) is 5.10 Å². The molecule has 3 rings (SSSR count). The van der Waals surface area contributed by atoms with Crippen molar-refractivity contribution in [2.75, 3.05) is 5.75 Å². The van der Waals surface area contributed by atoms with Crippen molar-refractivity contribution in [3.05, 3.63) is 59.7 Å². The van der Waals surface area contributed by atoms with Crippen LogP contribution in [0.15, 0.2) is 58.7 Å². The molecule has 3 N–H and O–H groups in total. The van der Waals surface area contributed by atoms with E-state index in [4.69, 9.17) is 0 Å². The van der Waals surface area contributed by atoms with Gasteiger partial charge in [-0.1, -0.05) is 30.0 Å². The lowest BCUT2D eigenvalue weighted by Gasteiger charge is -2.05. The highest BCUT2D eigenvalue weighted by atomic mass is 32.2. The van der Waals surface area contributed by atoms with Crippen molar-refractivity contribution < 1.29 is 15.0 Å². The third kappa shape index (κ3) is 4.31. The van der Waals surface area contributed by atoms with Crippen LogP contribution in [0.3, 0.4) is 0 Å². The first kappa shape index (κ1) is 17.8. The van der Waals surface area contributed by atoms with Gasteiger partial charge in [-0.3, -0.25) is 4.79 Å². The van der Waals surface area contributed by atoms with Gasteiger partial charge in [-0.2, -0.15) is 5.10 Å². The number of amides is 1. The van der Waals surface area contributed by atoms with Gasteiger partial charge in [0.05, 0.1) is 22.5 Å². The summed E-state index contributed by atoms with van der Waals surface area (Å²) in [6.45, 7) is 2.02. The highest BCUT2D eigenvalue weighted by Gasteiger charge is 2.06. The second-order valence-corrected chi connectivity index (χ2v) is 6.62. The van der Waals surface area contributed by atoms with E-state index in [-0.39, 0.29) is 23.2 Å². The molecule has 0 atom stereocenters. The minimum Gasteiger partial charge on any atom is -0.504 e. The molecule has 6 nitrogen and oxygen atoms in total. The first-order valence-electron chi connectivity index (χ1n) is 7.86. The Morgan fingerprint density at radius 1 is 1.19 bits per heavy atom. The Labute approximate surface area is 154 Å². The number of carbonyl (C=O) groups is 1. The summed E-state index contributed by atoms with van der Waals surface area (Å²) in [4.78, 5) is 16.5. The predicted octanol–water partition coefficient (Wildman–Crippen LogP) is 3.20. The van der Waals surface area contributed by atoms with E-state index >= 15 is 0 Å².